The Balaban J connectivity index is 2.29. The molecule has 0 aliphatic rings. The first-order valence-electron chi connectivity index (χ1n) is 4.50. The van der Waals surface area contributed by atoms with Crippen LogP contribution >= 0.6 is 0 Å². The number of nitrogens with zero attached hydrogens (tertiary/aromatic N) is 3. The molecule has 4 heteroatoms. The normalized spacial score (nSPS) is 11.3. The van der Waals surface area contributed by atoms with Gasteiger partial charge in [-0.1, -0.05) is 18.2 Å². The van der Waals surface area contributed by atoms with E-state index in [-0.39, 0.29) is 0 Å². The fourth-order valence-corrected chi connectivity index (χ4v) is 1.12. The monoisotopic (exact) mass is 199 g/mol. The Morgan fingerprint density at radius 1 is 1.07 bits per heavy atom. The molecule has 0 aliphatic heterocycles. The minimum absolute atomic E-state index is 0.418. The van der Waals surface area contributed by atoms with Crippen LogP contribution in [0.5, 0.6) is 0 Å². The van der Waals surface area contributed by atoms with Crippen molar-refractivity contribution < 1.29 is 4.86 Å². The Hall–Kier alpha value is -2.23. The van der Waals surface area contributed by atoms with Crippen molar-refractivity contribution in [1.82, 2.24) is 4.98 Å². The van der Waals surface area contributed by atoms with Crippen molar-refractivity contribution in [2.24, 2.45) is 5.11 Å². The molecule has 0 spiro atoms. The lowest BCUT2D eigenvalue weighted by Gasteiger charge is -1.97. The molecule has 2 rings (SSSR count). The van der Waals surface area contributed by atoms with Gasteiger partial charge in [-0.3, -0.25) is 4.98 Å². The largest absolute Gasteiger partial charge is 0.594 e. The molecule has 4 nitrogen and oxygen atoms in total. The van der Waals surface area contributed by atoms with Crippen LogP contribution in [0.1, 0.15) is 0 Å². The summed E-state index contributed by atoms with van der Waals surface area (Å²) in [6, 6.07) is 12.4. The second-order valence-corrected chi connectivity index (χ2v) is 2.92. The molecular weight excluding hydrogens is 190 g/mol. The minimum Gasteiger partial charge on any atom is -0.594 e. The summed E-state index contributed by atoms with van der Waals surface area (Å²) in [6.45, 7) is 0. The average Bonchev–Trinajstić information content (AvgIpc) is 2.31. The van der Waals surface area contributed by atoms with Crippen LogP contribution in [-0.4, -0.2) is 9.84 Å². The van der Waals surface area contributed by atoms with Gasteiger partial charge in [-0.05, 0) is 23.1 Å². The molecule has 15 heavy (non-hydrogen) atoms. The number of benzene rings is 1. The lowest BCUT2D eigenvalue weighted by atomic mass is 10.3. The molecule has 0 radical (unpaired) electrons. The molecule has 0 bridgehead atoms. The number of hydrogen-bond acceptors (Lipinski definition) is 3. The lowest BCUT2D eigenvalue weighted by molar-refractivity contribution is -0.435. The van der Waals surface area contributed by atoms with Crippen LogP contribution in [-0.2, 0) is 0 Å². The highest BCUT2D eigenvalue weighted by Gasteiger charge is 2.01. The SMILES string of the molecule is [O-][N+](=Nc1ccccc1)c1cccnc1. The van der Waals surface area contributed by atoms with Gasteiger partial charge in [-0.25, -0.2) is 0 Å². The van der Waals surface area contributed by atoms with E-state index in [0.717, 1.165) is 0 Å². The maximum Gasteiger partial charge on any atom is 0.263 e. The maximum atomic E-state index is 11.5. The molecule has 1 aromatic heterocycles. The van der Waals surface area contributed by atoms with Crippen LogP contribution < -0.4 is 0 Å². The second-order valence-electron chi connectivity index (χ2n) is 2.92. The molecule has 0 fully saturated rings. The zero-order chi connectivity index (χ0) is 10.5. The van der Waals surface area contributed by atoms with Gasteiger partial charge in [-0.15, -0.1) is 0 Å². The lowest BCUT2D eigenvalue weighted by Crippen LogP contribution is -1.90. The van der Waals surface area contributed by atoms with Crippen LogP contribution in [0.2, 0.25) is 0 Å². The molecule has 0 unspecified atom stereocenters. The van der Waals surface area contributed by atoms with Gasteiger partial charge in [-0.2, -0.15) is 0 Å². The van der Waals surface area contributed by atoms with Crippen molar-refractivity contribution in [3.05, 3.63) is 60.1 Å². The van der Waals surface area contributed by atoms with Gasteiger partial charge >= 0.3 is 0 Å². The number of aromatic nitrogens is 1. The summed E-state index contributed by atoms with van der Waals surface area (Å²) in [5, 5.41) is 15.4. The molecule has 74 valence electrons. The van der Waals surface area contributed by atoms with Crippen LogP contribution in [0.25, 0.3) is 0 Å². The fourth-order valence-electron chi connectivity index (χ4n) is 1.12. The standard InChI is InChI=1S/C11H9N3O/c15-14(11-7-4-8-12-9-11)13-10-5-2-1-3-6-10/h1-9H. The average molecular weight is 199 g/mol. The zero-order valence-corrected chi connectivity index (χ0v) is 7.95. The molecule has 1 aromatic carbocycles. The predicted octanol–water partition coefficient (Wildman–Crippen LogP) is 3.01. The van der Waals surface area contributed by atoms with E-state index >= 15 is 0 Å². The molecule has 2 aromatic rings. The van der Waals surface area contributed by atoms with Crippen molar-refractivity contribution >= 4 is 11.4 Å². The maximum absolute atomic E-state index is 11.5. The van der Waals surface area contributed by atoms with Gasteiger partial charge in [0.05, 0.1) is 0 Å². The fraction of sp³-hybridized carbons (Fsp3) is 0. The molecule has 1 heterocycles. The summed E-state index contributed by atoms with van der Waals surface area (Å²) < 4.78 is 0. The van der Waals surface area contributed by atoms with Crippen LogP contribution in [0.4, 0.5) is 11.4 Å². The summed E-state index contributed by atoms with van der Waals surface area (Å²) in [4.78, 5) is 4.40. The third-order valence-electron chi connectivity index (χ3n) is 1.83. The Labute approximate surface area is 87.1 Å². The Morgan fingerprint density at radius 2 is 1.87 bits per heavy atom. The van der Waals surface area contributed by atoms with Crippen molar-refractivity contribution in [3.8, 4) is 0 Å². The van der Waals surface area contributed by atoms with Crippen molar-refractivity contribution in [3.63, 3.8) is 0 Å². The van der Waals surface area contributed by atoms with E-state index in [1.54, 1.807) is 30.5 Å². The van der Waals surface area contributed by atoms with Crippen LogP contribution in [0.3, 0.4) is 0 Å². The first-order chi connectivity index (χ1) is 7.36. The third-order valence-corrected chi connectivity index (χ3v) is 1.83. The van der Waals surface area contributed by atoms with E-state index < -0.39 is 0 Å². The molecule has 0 saturated carbocycles. The Bertz CT molecular complexity index is 454. The van der Waals surface area contributed by atoms with E-state index in [4.69, 9.17) is 0 Å². The highest BCUT2D eigenvalue weighted by atomic mass is 16.5. The molecular formula is C11H9N3O. The van der Waals surface area contributed by atoms with Crippen LogP contribution in [0.15, 0.2) is 60.0 Å². The summed E-state index contributed by atoms with van der Waals surface area (Å²) in [5.74, 6) is 0. The predicted molar refractivity (Wildman–Crippen MR) is 56.1 cm³/mol. The summed E-state index contributed by atoms with van der Waals surface area (Å²) in [7, 11) is 0. The van der Waals surface area contributed by atoms with Gasteiger partial charge in [0.25, 0.3) is 5.69 Å². The summed E-state index contributed by atoms with van der Waals surface area (Å²) in [5.41, 5.74) is 1.04. The number of azo groups is 1. The zero-order valence-electron chi connectivity index (χ0n) is 7.95. The summed E-state index contributed by atoms with van der Waals surface area (Å²) in [6.07, 6.45) is 3.08. The highest BCUT2D eigenvalue weighted by Crippen LogP contribution is 2.15. The number of pyridine rings is 1. The topological polar surface area (TPSA) is 51.3 Å². The van der Waals surface area contributed by atoms with E-state index in [1.807, 2.05) is 18.2 Å². The smallest absolute Gasteiger partial charge is 0.263 e. The second kappa shape index (κ2) is 4.32. The van der Waals surface area contributed by atoms with Gasteiger partial charge in [0.2, 0.25) is 0 Å². The number of hydrogen-bond donors (Lipinski definition) is 0. The molecule has 0 amide bonds. The molecule has 0 atom stereocenters. The number of rotatable bonds is 2. The van der Waals surface area contributed by atoms with E-state index in [1.165, 1.54) is 6.20 Å². The van der Waals surface area contributed by atoms with Crippen molar-refractivity contribution in [2.75, 3.05) is 0 Å². The van der Waals surface area contributed by atoms with E-state index in [9.17, 15) is 5.21 Å². The van der Waals surface area contributed by atoms with E-state index in [0.29, 0.717) is 16.2 Å². The highest BCUT2D eigenvalue weighted by molar-refractivity contribution is 5.34. The first kappa shape index (κ1) is 9.33. The Kier molecular flexibility index (Phi) is 2.69. The summed E-state index contributed by atoms with van der Waals surface area (Å²) >= 11 is 0. The van der Waals surface area contributed by atoms with Crippen LogP contribution in [0, 0.1) is 5.21 Å². The molecule has 0 N–H and O–H groups in total. The van der Waals surface area contributed by atoms with Gasteiger partial charge < -0.3 is 5.21 Å². The Morgan fingerprint density at radius 3 is 2.53 bits per heavy atom. The third kappa shape index (κ3) is 2.37. The van der Waals surface area contributed by atoms with Gasteiger partial charge in [0.15, 0.2) is 0 Å². The first-order valence-corrected chi connectivity index (χ1v) is 4.50. The quantitative estimate of drug-likeness (QED) is 0.424. The molecule has 0 saturated heterocycles. The van der Waals surface area contributed by atoms with E-state index in [2.05, 4.69) is 10.1 Å². The van der Waals surface area contributed by atoms with Crippen molar-refractivity contribution in [1.29, 1.82) is 0 Å². The van der Waals surface area contributed by atoms with Gasteiger partial charge in [0, 0.05) is 17.4 Å². The van der Waals surface area contributed by atoms with Gasteiger partial charge in [0.1, 0.15) is 11.9 Å². The minimum atomic E-state index is 0.418. The van der Waals surface area contributed by atoms with Crippen molar-refractivity contribution in [2.45, 2.75) is 0 Å². The molecule has 0 aliphatic carbocycles.